The van der Waals surface area contributed by atoms with Crippen LogP contribution in [-0.2, 0) is 13.9 Å². The molecule has 0 aromatic carbocycles. The van der Waals surface area contributed by atoms with Gasteiger partial charge >= 0.3 is 15.2 Å². The molecule has 0 amide bonds. The minimum atomic E-state index is -4.35. The predicted octanol–water partition coefficient (Wildman–Crippen LogP) is 1.40. The van der Waals surface area contributed by atoms with E-state index < -0.39 is 27.8 Å². The van der Waals surface area contributed by atoms with Gasteiger partial charge in [0, 0.05) is 13.2 Å². The van der Waals surface area contributed by atoms with Gasteiger partial charge in [-0.25, -0.2) is 0 Å². The van der Waals surface area contributed by atoms with Crippen molar-refractivity contribution in [1.82, 2.24) is 4.90 Å². The Kier molecular flexibility index (Phi) is 9.48. The van der Waals surface area contributed by atoms with E-state index >= 15 is 0 Å². The fraction of sp³-hybridized carbons (Fsp3) is 1.00. The Morgan fingerprint density at radius 2 is 1.48 bits per heavy atom. The molecule has 0 saturated carbocycles. The topological polar surface area (TPSA) is 128 Å². The summed E-state index contributed by atoms with van der Waals surface area (Å²) in [4.78, 5) is 36.7. The normalized spacial score (nSPS) is 14.9. The van der Waals surface area contributed by atoms with Crippen LogP contribution >= 0.6 is 15.2 Å². The highest BCUT2D eigenvalue weighted by Crippen LogP contribution is 2.40. The van der Waals surface area contributed by atoms with Gasteiger partial charge in [0.2, 0.25) is 0 Å². The third-order valence-corrected chi connectivity index (χ3v) is 4.13. The molecule has 0 aliphatic carbocycles. The summed E-state index contributed by atoms with van der Waals surface area (Å²) < 4.78 is 27.5. The van der Waals surface area contributed by atoms with Gasteiger partial charge in [-0.15, -0.1) is 0 Å². The predicted molar refractivity (Wildman–Crippen MR) is 80.0 cm³/mol. The van der Waals surface area contributed by atoms with Crippen molar-refractivity contribution in [3.63, 3.8) is 0 Å². The molecule has 0 radical (unpaired) electrons. The van der Waals surface area contributed by atoms with E-state index in [4.69, 9.17) is 24.3 Å². The van der Waals surface area contributed by atoms with Crippen molar-refractivity contribution in [3.05, 3.63) is 0 Å². The van der Waals surface area contributed by atoms with Crippen LogP contribution in [0.15, 0.2) is 0 Å². The average Bonchev–Trinajstić information content (AvgIpc) is 2.18. The molecule has 0 heterocycles. The van der Waals surface area contributed by atoms with Crippen molar-refractivity contribution >= 4 is 15.2 Å². The molecule has 0 fully saturated rings. The maximum absolute atomic E-state index is 11.0. The Balaban J connectivity index is 4.18. The van der Waals surface area contributed by atoms with Crippen LogP contribution in [0.5, 0.6) is 0 Å². The Hall–Kier alpha value is 0.220. The molecule has 0 bridgehead atoms. The average molecular weight is 347 g/mol. The summed E-state index contributed by atoms with van der Waals surface area (Å²) >= 11 is 0. The highest BCUT2D eigenvalue weighted by molar-refractivity contribution is 7.52. The Morgan fingerprint density at radius 1 is 1.00 bits per heavy atom. The molecular formula is C11H27NO7P2. The van der Waals surface area contributed by atoms with Gasteiger partial charge in [-0.3, -0.25) is 14.0 Å². The number of nitrogens with zero attached hydrogens (tertiary/aromatic N) is 1. The highest BCUT2D eigenvalue weighted by Gasteiger charge is 2.25. The molecule has 10 heteroatoms. The highest BCUT2D eigenvalue weighted by atomic mass is 31.2. The van der Waals surface area contributed by atoms with Gasteiger partial charge in [-0.2, -0.15) is 0 Å². The summed E-state index contributed by atoms with van der Waals surface area (Å²) in [6.07, 6.45) is 0.109. The van der Waals surface area contributed by atoms with Gasteiger partial charge in [-0.05, 0) is 25.7 Å². The van der Waals surface area contributed by atoms with Crippen LogP contribution in [0.25, 0.3) is 0 Å². The van der Waals surface area contributed by atoms with Crippen LogP contribution in [0.4, 0.5) is 0 Å². The smallest absolute Gasteiger partial charge is 0.339 e. The minimum absolute atomic E-state index is 0.0852. The SMILES string of the molecule is CC(C)CC(C)OCCCN(CP(=O)(O)O)CP(=O)(O)O. The zero-order valence-corrected chi connectivity index (χ0v) is 14.5. The van der Waals surface area contributed by atoms with Gasteiger partial charge in [0.15, 0.2) is 0 Å². The van der Waals surface area contributed by atoms with E-state index in [0.29, 0.717) is 18.9 Å². The van der Waals surface area contributed by atoms with Crippen LogP contribution < -0.4 is 0 Å². The molecule has 1 atom stereocenters. The number of rotatable bonds is 11. The van der Waals surface area contributed by atoms with E-state index in [0.717, 1.165) is 11.3 Å². The lowest BCUT2D eigenvalue weighted by Crippen LogP contribution is -2.28. The molecule has 128 valence electrons. The zero-order chi connectivity index (χ0) is 16.7. The summed E-state index contributed by atoms with van der Waals surface area (Å²) in [6.45, 7) is 6.66. The van der Waals surface area contributed by atoms with Gasteiger partial charge in [-0.1, -0.05) is 13.8 Å². The molecule has 1 unspecified atom stereocenters. The lowest BCUT2D eigenvalue weighted by atomic mass is 10.1. The number of hydrogen-bond acceptors (Lipinski definition) is 4. The number of ether oxygens (including phenoxy) is 1. The van der Waals surface area contributed by atoms with E-state index in [2.05, 4.69) is 13.8 Å². The first kappa shape index (κ1) is 21.2. The second-order valence-electron chi connectivity index (χ2n) is 5.67. The summed E-state index contributed by atoms with van der Waals surface area (Å²) in [7, 11) is -8.71. The molecule has 0 rings (SSSR count). The van der Waals surface area contributed by atoms with Crippen molar-refractivity contribution in [2.24, 2.45) is 5.92 Å². The third-order valence-electron chi connectivity index (χ3n) is 2.59. The van der Waals surface area contributed by atoms with Crippen molar-refractivity contribution in [2.75, 3.05) is 25.7 Å². The molecule has 0 aromatic rings. The fourth-order valence-corrected chi connectivity index (χ4v) is 3.69. The molecule has 0 saturated heterocycles. The van der Waals surface area contributed by atoms with E-state index in [9.17, 15) is 9.13 Å². The molecule has 8 nitrogen and oxygen atoms in total. The van der Waals surface area contributed by atoms with Crippen LogP contribution in [-0.4, -0.2) is 56.3 Å². The molecule has 0 aliphatic rings. The first-order valence-electron chi connectivity index (χ1n) is 6.82. The van der Waals surface area contributed by atoms with E-state index in [-0.39, 0.29) is 12.6 Å². The summed E-state index contributed by atoms with van der Waals surface area (Å²) in [5, 5.41) is 0. The van der Waals surface area contributed by atoms with Crippen molar-refractivity contribution < 1.29 is 33.4 Å². The van der Waals surface area contributed by atoms with Gasteiger partial charge in [0.05, 0.1) is 6.10 Å². The minimum Gasteiger partial charge on any atom is -0.378 e. The Bertz CT molecular complexity index is 355. The summed E-state index contributed by atoms with van der Waals surface area (Å²) in [6, 6.07) is 0. The second-order valence-corrected chi connectivity index (χ2v) is 8.90. The van der Waals surface area contributed by atoms with Crippen LogP contribution in [0.3, 0.4) is 0 Å². The standard InChI is InChI=1S/C11H27NO7P2/c1-10(2)7-11(3)19-6-4-5-12(8-20(13,14)15)9-21(16,17)18/h10-11H,4-9H2,1-3H3,(H2,13,14,15)(H2,16,17,18). The molecule has 0 aliphatic heterocycles. The first-order valence-corrected chi connectivity index (χ1v) is 10.4. The van der Waals surface area contributed by atoms with Crippen LogP contribution in [0, 0.1) is 5.92 Å². The Morgan fingerprint density at radius 3 is 1.86 bits per heavy atom. The van der Waals surface area contributed by atoms with Crippen LogP contribution in [0.2, 0.25) is 0 Å². The van der Waals surface area contributed by atoms with E-state index in [1.807, 2.05) is 6.92 Å². The van der Waals surface area contributed by atoms with Gasteiger partial charge < -0.3 is 24.3 Å². The van der Waals surface area contributed by atoms with Crippen molar-refractivity contribution in [1.29, 1.82) is 0 Å². The molecule has 21 heavy (non-hydrogen) atoms. The van der Waals surface area contributed by atoms with Crippen molar-refractivity contribution in [3.8, 4) is 0 Å². The first-order chi connectivity index (χ1) is 9.39. The number of hydrogen-bond donors (Lipinski definition) is 4. The summed E-state index contributed by atoms with van der Waals surface area (Å²) in [5.74, 6) is 0.515. The molecule has 0 spiro atoms. The maximum atomic E-state index is 11.0. The van der Waals surface area contributed by atoms with E-state index in [1.165, 1.54) is 0 Å². The molecular weight excluding hydrogens is 320 g/mol. The quantitative estimate of drug-likeness (QED) is 0.326. The Labute approximate surface area is 125 Å². The maximum Gasteiger partial charge on any atom is 0.339 e. The lowest BCUT2D eigenvalue weighted by molar-refractivity contribution is 0.0467. The lowest BCUT2D eigenvalue weighted by Gasteiger charge is -2.23. The van der Waals surface area contributed by atoms with Gasteiger partial charge in [0.1, 0.15) is 12.6 Å². The largest absolute Gasteiger partial charge is 0.378 e. The zero-order valence-electron chi connectivity index (χ0n) is 12.8. The van der Waals surface area contributed by atoms with Gasteiger partial charge in [0.25, 0.3) is 0 Å². The third kappa shape index (κ3) is 14.9. The summed E-state index contributed by atoms with van der Waals surface area (Å²) in [5.41, 5.74) is 0. The van der Waals surface area contributed by atoms with Crippen molar-refractivity contribution in [2.45, 2.75) is 39.7 Å². The molecule has 0 aromatic heterocycles. The molecule has 4 N–H and O–H groups in total. The monoisotopic (exact) mass is 347 g/mol. The fourth-order valence-electron chi connectivity index (χ4n) is 2.01. The van der Waals surface area contributed by atoms with E-state index in [1.54, 1.807) is 0 Å². The van der Waals surface area contributed by atoms with Crippen LogP contribution in [0.1, 0.15) is 33.6 Å². The second kappa shape index (κ2) is 9.38.